The molecular formula is C18H26N2O5. The lowest BCUT2D eigenvalue weighted by Crippen LogP contribution is -2.61. The summed E-state index contributed by atoms with van der Waals surface area (Å²) in [4.78, 5) is 35.9. The fourth-order valence-electron chi connectivity index (χ4n) is 2.92. The van der Waals surface area contributed by atoms with Crippen LogP contribution in [0.5, 0.6) is 0 Å². The van der Waals surface area contributed by atoms with Crippen molar-refractivity contribution in [1.29, 1.82) is 0 Å². The van der Waals surface area contributed by atoms with E-state index in [1.807, 2.05) is 0 Å². The van der Waals surface area contributed by atoms with Crippen LogP contribution in [-0.2, 0) is 24.0 Å². The van der Waals surface area contributed by atoms with Crippen LogP contribution < -0.4 is 0 Å². The van der Waals surface area contributed by atoms with Crippen LogP contribution in [0.25, 0.3) is 0 Å². The Balaban J connectivity index is 3.14. The molecule has 0 aromatic heterocycles. The van der Waals surface area contributed by atoms with E-state index in [1.54, 1.807) is 25.2 Å². The molecule has 0 spiro atoms. The summed E-state index contributed by atoms with van der Waals surface area (Å²) in [5.41, 5.74) is 0.0241. The van der Waals surface area contributed by atoms with Crippen molar-refractivity contribution in [1.82, 2.24) is 10.1 Å². The van der Waals surface area contributed by atoms with E-state index in [1.165, 1.54) is 14.2 Å². The summed E-state index contributed by atoms with van der Waals surface area (Å²) in [6.45, 7) is 6.35. The standard InChI is InChI=1S/C18H26N2O5/c1-7-14(3)15(8-2)13-16(21)20(25-6)18(17(22)23-4)9-11-19(24-5)12-10-18/h1,8H,2,9-13H2,3-6H3/b15-14-. The van der Waals surface area contributed by atoms with Gasteiger partial charge in [-0.2, -0.15) is 5.06 Å². The van der Waals surface area contributed by atoms with Crippen molar-refractivity contribution in [2.75, 3.05) is 34.4 Å². The van der Waals surface area contributed by atoms with Crippen LogP contribution in [0.2, 0.25) is 0 Å². The monoisotopic (exact) mass is 350 g/mol. The summed E-state index contributed by atoms with van der Waals surface area (Å²) in [7, 11) is 4.22. The number of nitrogens with zero attached hydrogens (tertiary/aromatic N) is 2. The molecule has 1 amide bonds. The highest BCUT2D eigenvalue weighted by Crippen LogP contribution is 2.32. The molecule has 0 bridgehead atoms. The normalized spacial score (nSPS) is 17.9. The number of hydrogen-bond donors (Lipinski definition) is 0. The SMILES string of the molecule is C#C/C(C)=C(/C=C)CC(=O)N(OC)C1(C(=O)OC)CCN(OC)CC1. The smallest absolute Gasteiger partial charge is 0.334 e. The first-order valence-corrected chi connectivity index (χ1v) is 7.93. The molecule has 1 heterocycles. The minimum absolute atomic E-state index is 0.0138. The zero-order valence-electron chi connectivity index (χ0n) is 15.3. The van der Waals surface area contributed by atoms with E-state index in [4.69, 9.17) is 20.8 Å². The number of methoxy groups -OCH3 is 1. The molecule has 1 aliphatic heterocycles. The van der Waals surface area contributed by atoms with Gasteiger partial charge in [0.25, 0.3) is 5.91 Å². The van der Waals surface area contributed by atoms with Crippen LogP contribution in [0, 0.1) is 12.3 Å². The maximum absolute atomic E-state index is 12.8. The molecule has 1 saturated heterocycles. The predicted octanol–water partition coefficient (Wildman–Crippen LogP) is 1.47. The van der Waals surface area contributed by atoms with E-state index in [0.29, 0.717) is 37.1 Å². The number of terminal acetylenes is 1. The number of piperidine rings is 1. The first kappa shape index (κ1) is 20.9. The molecule has 1 fully saturated rings. The molecule has 0 atom stereocenters. The van der Waals surface area contributed by atoms with E-state index < -0.39 is 11.5 Å². The summed E-state index contributed by atoms with van der Waals surface area (Å²) in [6, 6.07) is 0. The van der Waals surface area contributed by atoms with E-state index in [-0.39, 0.29) is 12.3 Å². The number of allylic oxidation sites excluding steroid dienone is 2. The van der Waals surface area contributed by atoms with Crippen molar-refractivity contribution in [3.63, 3.8) is 0 Å². The second-order valence-electron chi connectivity index (χ2n) is 5.68. The number of ether oxygens (including phenoxy) is 1. The molecule has 0 saturated carbocycles. The quantitative estimate of drug-likeness (QED) is 0.300. The van der Waals surface area contributed by atoms with Gasteiger partial charge in [-0.25, -0.2) is 9.86 Å². The van der Waals surface area contributed by atoms with Crippen molar-refractivity contribution >= 4 is 11.9 Å². The third kappa shape index (κ3) is 4.48. The van der Waals surface area contributed by atoms with Gasteiger partial charge in [0.05, 0.1) is 27.8 Å². The van der Waals surface area contributed by atoms with Crippen molar-refractivity contribution in [3.8, 4) is 12.3 Å². The molecule has 0 N–H and O–H groups in total. The first-order chi connectivity index (χ1) is 11.9. The summed E-state index contributed by atoms with van der Waals surface area (Å²) >= 11 is 0. The van der Waals surface area contributed by atoms with Crippen LogP contribution in [0.15, 0.2) is 23.8 Å². The molecular weight excluding hydrogens is 324 g/mol. The molecule has 7 nitrogen and oxygen atoms in total. The Kier molecular flexibility index (Phi) is 7.84. The number of hydrogen-bond acceptors (Lipinski definition) is 6. The lowest BCUT2D eigenvalue weighted by Gasteiger charge is -2.44. The largest absolute Gasteiger partial charge is 0.467 e. The maximum atomic E-state index is 12.8. The molecule has 1 aliphatic rings. The minimum Gasteiger partial charge on any atom is -0.467 e. The Morgan fingerprint density at radius 3 is 2.32 bits per heavy atom. The molecule has 7 heteroatoms. The number of hydroxylamine groups is 4. The number of carbonyl (C=O) groups excluding carboxylic acids is 2. The number of carbonyl (C=O) groups is 2. The van der Waals surface area contributed by atoms with E-state index in [0.717, 1.165) is 5.06 Å². The van der Waals surface area contributed by atoms with Gasteiger partial charge in [-0.1, -0.05) is 18.6 Å². The average Bonchev–Trinajstić information content (AvgIpc) is 2.65. The van der Waals surface area contributed by atoms with Crippen LogP contribution in [0.4, 0.5) is 0 Å². The van der Waals surface area contributed by atoms with Gasteiger partial charge in [-0.15, -0.1) is 6.42 Å². The summed E-state index contributed by atoms with van der Waals surface area (Å²) in [5, 5.41) is 2.83. The Labute approximate surface area is 149 Å². The second-order valence-corrected chi connectivity index (χ2v) is 5.68. The maximum Gasteiger partial charge on any atom is 0.334 e. The Bertz CT molecular complexity index is 583. The van der Waals surface area contributed by atoms with Gasteiger partial charge in [0.15, 0.2) is 5.54 Å². The van der Waals surface area contributed by atoms with Crippen LogP contribution in [-0.4, -0.2) is 62.0 Å². The Morgan fingerprint density at radius 1 is 1.32 bits per heavy atom. The van der Waals surface area contributed by atoms with E-state index >= 15 is 0 Å². The van der Waals surface area contributed by atoms with Crippen molar-refractivity contribution in [3.05, 3.63) is 23.8 Å². The van der Waals surface area contributed by atoms with E-state index in [9.17, 15) is 9.59 Å². The minimum atomic E-state index is -1.20. The predicted molar refractivity (Wildman–Crippen MR) is 92.8 cm³/mol. The molecule has 0 unspecified atom stereocenters. The van der Waals surface area contributed by atoms with Crippen molar-refractivity contribution in [2.24, 2.45) is 0 Å². The molecule has 138 valence electrons. The summed E-state index contributed by atoms with van der Waals surface area (Å²) in [5.74, 6) is 1.59. The van der Waals surface area contributed by atoms with Gasteiger partial charge < -0.3 is 9.57 Å². The molecule has 0 aromatic rings. The highest BCUT2D eigenvalue weighted by Gasteiger charge is 2.50. The molecule has 0 aromatic carbocycles. The number of amides is 1. The molecule has 1 rings (SSSR count). The number of esters is 1. The average molecular weight is 350 g/mol. The van der Waals surface area contributed by atoms with E-state index in [2.05, 4.69) is 12.5 Å². The van der Waals surface area contributed by atoms with Crippen LogP contribution in [0.3, 0.4) is 0 Å². The third-order valence-corrected chi connectivity index (χ3v) is 4.46. The third-order valence-electron chi connectivity index (χ3n) is 4.46. The highest BCUT2D eigenvalue weighted by atomic mass is 16.7. The number of rotatable bonds is 7. The van der Waals surface area contributed by atoms with Gasteiger partial charge in [-0.05, 0) is 25.3 Å². The lowest BCUT2D eigenvalue weighted by molar-refractivity contribution is -0.238. The molecule has 25 heavy (non-hydrogen) atoms. The zero-order valence-corrected chi connectivity index (χ0v) is 15.3. The lowest BCUT2D eigenvalue weighted by atomic mass is 9.87. The van der Waals surface area contributed by atoms with Gasteiger partial charge >= 0.3 is 5.97 Å². The highest BCUT2D eigenvalue weighted by molar-refractivity contribution is 5.88. The Hall–Kier alpha value is -2.14. The van der Waals surface area contributed by atoms with Crippen LogP contribution in [0.1, 0.15) is 26.2 Å². The van der Waals surface area contributed by atoms with Gasteiger partial charge in [-0.3, -0.25) is 9.63 Å². The van der Waals surface area contributed by atoms with Gasteiger partial charge in [0.2, 0.25) is 0 Å². The summed E-state index contributed by atoms with van der Waals surface area (Å²) < 4.78 is 4.96. The van der Waals surface area contributed by atoms with Crippen molar-refractivity contribution in [2.45, 2.75) is 31.7 Å². The summed E-state index contributed by atoms with van der Waals surface area (Å²) in [6.07, 6.45) is 7.58. The Morgan fingerprint density at radius 2 is 1.92 bits per heavy atom. The van der Waals surface area contributed by atoms with Crippen molar-refractivity contribution < 1.29 is 24.0 Å². The fourth-order valence-corrected chi connectivity index (χ4v) is 2.92. The van der Waals surface area contributed by atoms with Crippen LogP contribution >= 0.6 is 0 Å². The second kappa shape index (κ2) is 9.37. The topological polar surface area (TPSA) is 68.3 Å². The van der Waals surface area contributed by atoms with Gasteiger partial charge in [0.1, 0.15) is 0 Å². The molecule has 0 radical (unpaired) electrons. The zero-order chi connectivity index (χ0) is 19.0. The first-order valence-electron chi connectivity index (χ1n) is 7.93. The van der Waals surface area contributed by atoms with Gasteiger partial charge in [0, 0.05) is 18.7 Å². The molecule has 0 aliphatic carbocycles. The fraction of sp³-hybridized carbons (Fsp3) is 0.556.